The Morgan fingerprint density at radius 2 is 1.69 bits per heavy atom. The Morgan fingerprint density at radius 1 is 1.08 bits per heavy atom. The normalized spacial score (nSPS) is 28.5. The minimum atomic E-state index is -2.58. The molecule has 3 fully saturated rings. The zero-order chi connectivity index (χ0) is 18.5. The third-order valence-electron chi connectivity index (χ3n) is 6.47. The summed E-state index contributed by atoms with van der Waals surface area (Å²) in [7, 11) is 0. The lowest BCUT2D eigenvalue weighted by Crippen LogP contribution is -2.40. The minimum absolute atomic E-state index is 0.0931. The number of carbonyl (C=O) groups excluding carboxylic acids is 1. The molecule has 26 heavy (non-hydrogen) atoms. The Bertz CT molecular complexity index is 687. The molecule has 0 bridgehead atoms. The first-order chi connectivity index (χ1) is 12.3. The molecule has 0 spiro atoms. The van der Waals surface area contributed by atoms with Gasteiger partial charge in [-0.15, -0.1) is 0 Å². The van der Waals surface area contributed by atoms with Gasteiger partial charge in [-0.1, -0.05) is 0 Å². The second-order valence-electron chi connectivity index (χ2n) is 8.21. The van der Waals surface area contributed by atoms with E-state index in [9.17, 15) is 13.6 Å². The summed E-state index contributed by atoms with van der Waals surface area (Å²) in [6, 6.07) is 0. The molecule has 0 radical (unpaired) electrons. The van der Waals surface area contributed by atoms with Crippen LogP contribution in [0.25, 0.3) is 0 Å². The van der Waals surface area contributed by atoms with Crippen LogP contribution in [0, 0.1) is 31.6 Å². The van der Waals surface area contributed by atoms with Gasteiger partial charge >= 0.3 is 0 Å². The fourth-order valence-electron chi connectivity index (χ4n) is 4.74. The van der Waals surface area contributed by atoms with Crippen LogP contribution in [0.5, 0.6) is 0 Å². The number of aryl methyl sites for hydroxylation is 1. The van der Waals surface area contributed by atoms with Crippen molar-refractivity contribution in [3.05, 3.63) is 17.6 Å². The highest BCUT2D eigenvalue weighted by atomic mass is 19.3. The first-order valence-electron chi connectivity index (χ1n) is 9.54. The Morgan fingerprint density at radius 3 is 2.31 bits per heavy atom. The molecule has 3 heterocycles. The van der Waals surface area contributed by atoms with Crippen LogP contribution in [-0.2, 0) is 4.79 Å². The van der Waals surface area contributed by atoms with E-state index in [-0.39, 0.29) is 24.7 Å². The minimum Gasteiger partial charge on any atom is -0.356 e. The predicted octanol–water partition coefficient (Wildman–Crippen LogP) is 2.81. The molecule has 4 rings (SSSR count). The number of carbonyl (C=O) groups is 1. The van der Waals surface area contributed by atoms with E-state index in [1.54, 1.807) is 6.33 Å². The van der Waals surface area contributed by atoms with Gasteiger partial charge in [0, 0.05) is 68.0 Å². The van der Waals surface area contributed by atoms with Gasteiger partial charge in [-0.2, -0.15) is 0 Å². The van der Waals surface area contributed by atoms with Crippen molar-refractivity contribution in [2.45, 2.75) is 45.5 Å². The van der Waals surface area contributed by atoms with Crippen LogP contribution >= 0.6 is 0 Å². The number of alkyl halides is 2. The number of nitrogens with zero attached hydrogens (tertiary/aromatic N) is 4. The molecular formula is C19H26F2N4O. The summed E-state index contributed by atoms with van der Waals surface area (Å²) < 4.78 is 26.7. The van der Waals surface area contributed by atoms with Crippen molar-refractivity contribution >= 4 is 11.7 Å². The zero-order valence-corrected chi connectivity index (χ0v) is 15.4. The molecule has 2 unspecified atom stereocenters. The van der Waals surface area contributed by atoms with Crippen molar-refractivity contribution in [2.75, 3.05) is 31.1 Å². The fourth-order valence-corrected chi connectivity index (χ4v) is 4.74. The molecule has 2 atom stereocenters. The number of rotatable bonds is 2. The van der Waals surface area contributed by atoms with Crippen LogP contribution < -0.4 is 4.90 Å². The second-order valence-corrected chi connectivity index (χ2v) is 8.21. The standard InChI is InChI=1S/C19H26F2N4O/c1-12-13(2)22-11-23-17(12)24-7-15-9-25(10-16(15)8-24)18(26)14-3-5-19(20,21)6-4-14/h11,14-16H,3-10H2,1-2H3. The van der Waals surface area contributed by atoms with E-state index >= 15 is 0 Å². The lowest BCUT2D eigenvalue weighted by molar-refractivity contribution is -0.138. The van der Waals surface area contributed by atoms with E-state index in [0.717, 1.165) is 43.3 Å². The van der Waals surface area contributed by atoms with Gasteiger partial charge in [-0.3, -0.25) is 4.79 Å². The maximum absolute atomic E-state index is 13.3. The molecule has 1 aliphatic carbocycles. The Labute approximate surface area is 152 Å². The van der Waals surface area contributed by atoms with Crippen LogP contribution in [0.1, 0.15) is 36.9 Å². The van der Waals surface area contributed by atoms with Gasteiger partial charge in [-0.05, 0) is 26.7 Å². The molecule has 0 N–H and O–H groups in total. The summed E-state index contributed by atoms with van der Waals surface area (Å²) in [5.41, 5.74) is 2.11. The molecule has 142 valence electrons. The number of anilines is 1. The molecule has 1 amide bonds. The summed E-state index contributed by atoms with van der Waals surface area (Å²) in [4.78, 5) is 25.7. The van der Waals surface area contributed by atoms with Gasteiger partial charge in [0.1, 0.15) is 12.1 Å². The average molecular weight is 364 g/mol. The lowest BCUT2D eigenvalue weighted by atomic mass is 9.86. The molecule has 1 aromatic heterocycles. The number of aromatic nitrogens is 2. The highest BCUT2D eigenvalue weighted by molar-refractivity contribution is 5.79. The van der Waals surface area contributed by atoms with Gasteiger partial charge in [-0.25, -0.2) is 18.7 Å². The van der Waals surface area contributed by atoms with E-state index in [1.807, 2.05) is 18.7 Å². The number of hydrogen-bond donors (Lipinski definition) is 0. The molecule has 1 saturated carbocycles. The first kappa shape index (κ1) is 17.6. The quantitative estimate of drug-likeness (QED) is 0.810. The van der Waals surface area contributed by atoms with Gasteiger partial charge in [0.2, 0.25) is 11.8 Å². The van der Waals surface area contributed by atoms with Crippen LogP contribution in [0.3, 0.4) is 0 Å². The lowest BCUT2D eigenvalue weighted by Gasteiger charge is -2.31. The van der Waals surface area contributed by atoms with Gasteiger partial charge in [0.05, 0.1) is 0 Å². The smallest absolute Gasteiger partial charge is 0.248 e. The Hall–Kier alpha value is -1.79. The van der Waals surface area contributed by atoms with Crippen molar-refractivity contribution in [1.82, 2.24) is 14.9 Å². The molecule has 2 saturated heterocycles. The third kappa shape index (κ3) is 3.16. The number of fused-ring (bicyclic) bond motifs is 1. The monoisotopic (exact) mass is 364 g/mol. The maximum atomic E-state index is 13.3. The van der Waals surface area contributed by atoms with Gasteiger partial charge in [0.15, 0.2) is 0 Å². The van der Waals surface area contributed by atoms with Crippen molar-refractivity contribution in [3.63, 3.8) is 0 Å². The van der Waals surface area contributed by atoms with E-state index in [4.69, 9.17) is 0 Å². The van der Waals surface area contributed by atoms with Crippen LogP contribution in [0.2, 0.25) is 0 Å². The highest BCUT2D eigenvalue weighted by Gasteiger charge is 2.45. The van der Waals surface area contributed by atoms with E-state index in [0.29, 0.717) is 24.7 Å². The number of halogens is 2. The molecule has 1 aromatic rings. The van der Waals surface area contributed by atoms with E-state index < -0.39 is 5.92 Å². The number of hydrogen-bond acceptors (Lipinski definition) is 4. The third-order valence-corrected chi connectivity index (χ3v) is 6.47. The van der Waals surface area contributed by atoms with Gasteiger partial charge < -0.3 is 9.80 Å². The summed E-state index contributed by atoms with van der Waals surface area (Å²) in [6.07, 6.45) is 1.96. The summed E-state index contributed by atoms with van der Waals surface area (Å²) in [6.45, 7) is 7.33. The molecule has 0 aromatic carbocycles. The van der Waals surface area contributed by atoms with Crippen LogP contribution in [0.15, 0.2) is 6.33 Å². The fraction of sp³-hybridized carbons (Fsp3) is 0.737. The van der Waals surface area contributed by atoms with E-state index in [2.05, 4.69) is 14.9 Å². The Balaban J connectivity index is 1.36. The molecule has 7 heteroatoms. The SMILES string of the molecule is Cc1ncnc(N2CC3CN(C(=O)C4CCC(F)(F)CC4)CC3C2)c1C. The summed E-state index contributed by atoms with van der Waals surface area (Å²) in [5, 5.41) is 0. The summed E-state index contributed by atoms with van der Waals surface area (Å²) >= 11 is 0. The molecule has 3 aliphatic rings. The largest absolute Gasteiger partial charge is 0.356 e. The molecular weight excluding hydrogens is 338 g/mol. The molecule has 2 aliphatic heterocycles. The number of amides is 1. The zero-order valence-electron chi connectivity index (χ0n) is 15.4. The summed E-state index contributed by atoms with van der Waals surface area (Å²) in [5.74, 6) is -0.810. The second kappa shape index (κ2) is 6.43. The van der Waals surface area contributed by atoms with Crippen molar-refractivity contribution in [3.8, 4) is 0 Å². The van der Waals surface area contributed by atoms with Crippen molar-refractivity contribution < 1.29 is 13.6 Å². The first-order valence-corrected chi connectivity index (χ1v) is 9.54. The van der Waals surface area contributed by atoms with Gasteiger partial charge in [0.25, 0.3) is 0 Å². The Kier molecular flexibility index (Phi) is 4.35. The average Bonchev–Trinajstić information content (AvgIpc) is 3.15. The van der Waals surface area contributed by atoms with Crippen LogP contribution in [0.4, 0.5) is 14.6 Å². The van der Waals surface area contributed by atoms with Crippen molar-refractivity contribution in [1.29, 1.82) is 0 Å². The molecule has 5 nitrogen and oxygen atoms in total. The maximum Gasteiger partial charge on any atom is 0.248 e. The topological polar surface area (TPSA) is 49.3 Å². The van der Waals surface area contributed by atoms with E-state index in [1.165, 1.54) is 0 Å². The van der Waals surface area contributed by atoms with Crippen LogP contribution in [-0.4, -0.2) is 52.9 Å². The van der Waals surface area contributed by atoms with Crippen molar-refractivity contribution in [2.24, 2.45) is 17.8 Å². The predicted molar refractivity (Wildman–Crippen MR) is 94.2 cm³/mol. The number of likely N-dealkylation sites (tertiary alicyclic amines) is 1. The highest BCUT2D eigenvalue weighted by Crippen LogP contribution is 2.39.